The minimum atomic E-state index is -0.762. The van der Waals surface area contributed by atoms with Crippen molar-refractivity contribution in [2.24, 2.45) is 5.92 Å². The first-order valence-electron chi connectivity index (χ1n) is 11.4. The standard InChI is InChI=1S/C18H28O3S.C5H11NO3/c1-3-4-5-6-7-8-11-22(19)15(2)12-16-9-10-17-18(13-16)21-14-20-17;1-5(2)3-4-9-6(7)8/h9-10,13,15H,3-8,11-12,14H2,1-2H3;5H,3-4H2,1-2H3. The number of rotatable bonds is 14. The third kappa shape index (κ3) is 12.6. The van der Waals surface area contributed by atoms with Gasteiger partial charge in [0.2, 0.25) is 6.79 Å². The predicted molar refractivity (Wildman–Crippen MR) is 125 cm³/mol. The van der Waals surface area contributed by atoms with Crippen LogP contribution in [0.3, 0.4) is 0 Å². The van der Waals surface area contributed by atoms with E-state index in [9.17, 15) is 14.3 Å². The van der Waals surface area contributed by atoms with Crippen molar-refractivity contribution in [3.05, 3.63) is 33.9 Å². The lowest BCUT2D eigenvalue weighted by molar-refractivity contribution is -0.758. The highest BCUT2D eigenvalue weighted by Crippen LogP contribution is 2.33. The van der Waals surface area contributed by atoms with Crippen LogP contribution in [0.5, 0.6) is 11.5 Å². The summed E-state index contributed by atoms with van der Waals surface area (Å²) < 4.78 is 23.0. The highest BCUT2D eigenvalue weighted by molar-refractivity contribution is 7.85. The molecule has 2 rings (SSSR count). The van der Waals surface area contributed by atoms with E-state index in [0.717, 1.165) is 36.5 Å². The van der Waals surface area contributed by atoms with Crippen molar-refractivity contribution >= 4 is 10.8 Å². The van der Waals surface area contributed by atoms with E-state index in [1.807, 2.05) is 32.0 Å². The van der Waals surface area contributed by atoms with Crippen LogP contribution in [0.4, 0.5) is 0 Å². The third-order valence-corrected chi connectivity index (χ3v) is 6.76. The molecule has 0 spiro atoms. The molecule has 1 aliphatic rings. The minimum Gasteiger partial charge on any atom is -0.454 e. The molecule has 0 fully saturated rings. The molecule has 0 aliphatic carbocycles. The van der Waals surface area contributed by atoms with Crippen molar-refractivity contribution in [1.29, 1.82) is 0 Å². The van der Waals surface area contributed by atoms with Crippen LogP contribution in [0.15, 0.2) is 18.2 Å². The molecule has 0 saturated carbocycles. The topological polar surface area (TPSA) is 87.9 Å². The second kappa shape index (κ2) is 15.9. The molecule has 0 saturated heterocycles. The normalized spacial score (nSPS) is 14.0. The van der Waals surface area contributed by atoms with E-state index >= 15 is 0 Å². The lowest BCUT2D eigenvalue weighted by atomic mass is 10.1. The molecule has 31 heavy (non-hydrogen) atoms. The SMILES string of the molecule is CC(C)CCO[N+](=O)[O-].CCCCCCCCS(=O)C(C)Cc1ccc2c(c1)OCO2. The maximum Gasteiger partial charge on any atom is 0.294 e. The quantitative estimate of drug-likeness (QED) is 0.202. The average Bonchev–Trinajstić information content (AvgIpc) is 3.18. The molecule has 2 unspecified atom stereocenters. The van der Waals surface area contributed by atoms with Crippen molar-refractivity contribution in [2.45, 2.75) is 84.3 Å². The molecule has 0 N–H and O–H groups in total. The molecule has 0 amide bonds. The van der Waals surface area contributed by atoms with E-state index in [4.69, 9.17) is 9.47 Å². The van der Waals surface area contributed by atoms with Gasteiger partial charge < -0.3 is 14.3 Å². The maximum atomic E-state index is 12.3. The first-order chi connectivity index (χ1) is 14.8. The molecular formula is C23H39NO6S. The second-order valence-corrected chi connectivity index (χ2v) is 10.3. The van der Waals surface area contributed by atoms with Gasteiger partial charge in [-0.1, -0.05) is 65.9 Å². The van der Waals surface area contributed by atoms with Crippen molar-refractivity contribution in [2.75, 3.05) is 19.2 Å². The van der Waals surface area contributed by atoms with Gasteiger partial charge in [-0.05, 0) is 42.9 Å². The van der Waals surface area contributed by atoms with E-state index in [2.05, 4.69) is 18.7 Å². The number of fused-ring (bicyclic) bond motifs is 1. The Morgan fingerprint density at radius 2 is 1.77 bits per heavy atom. The van der Waals surface area contributed by atoms with Crippen LogP contribution < -0.4 is 9.47 Å². The third-order valence-electron chi connectivity index (χ3n) is 5.00. The van der Waals surface area contributed by atoms with Crippen LogP contribution in [0.2, 0.25) is 0 Å². The summed E-state index contributed by atoms with van der Waals surface area (Å²) >= 11 is 0. The van der Waals surface area contributed by atoms with Crippen LogP contribution in [0.25, 0.3) is 0 Å². The fourth-order valence-electron chi connectivity index (χ4n) is 3.08. The van der Waals surface area contributed by atoms with Gasteiger partial charge in [0, 0.05) is 21.8 Å². The summed E-state index contributed by atoms with van der Waals surface area (Å²) in [5, 5.41) is 8.99. The Kier molecular flexibility index (Phi) is 13.9. The molecule has 2 atom stereocenters. The predicted octanol–water partition coefficient (Wildman–Crippen LogP) is 5.70. The summed E-state index contributed by atoms with van der Waals surface area (Å²) in [6.07, 6.45) is 9.06. The molecule has 1 aromatic rings. The van der Waals surface area contributed by atoms with E-state index in [1.54, 1.807) is 0 Å². The van der Waals surface area contributed by atoms with Gasteiger partial charge in [-0.3, -0.25) is 4.21 Å². The summed E-state index contributed by atoms with van der Waals surface area (Å²) in [6, 6.07) is 6.01. The van der Waals surface area contributed by atoms with Crippen molar-refractivity contribution in [1.82, 2.24) is 0 Å². The molecular weight excluding hydrogens is 418 g/mol. The van der Waals surface area contributed by atoms with E-state index in [-0.39, 0.29) is 11.9 Å². The van der Waals surface area contributed by atoms with Gasteiger partial charge in [0.25, 0.3) is 5.09 Å². The molecule has 178 valence electrons. The Labute approximate surface area is 189 Å². The van der Waals surface area contributed by atoms with Crippen LogP contribution in [-0.4, -0.2) is 33.7 Å². The number of hydrogen-bond acceptors (Lipinski definition) is 6. The van der Waals surface area contributed by atoms with Gasteiger partial charge >= 0.3 is 0 Å². The average molecular weight is 458 g/mol. The molecule has 8 heteroatoms. The Morgan fingerprint density at radius 1 is 1.10 bits per heavy atom. The van der Waals surface area contributed by atoms with E-state index in [1.165, 1.54) is 37.7 Å². The summed E-state index contributed by atoms with van der Waals surface area (Å²) in [4.78, 5) is 13.6. The van der Waals surface area contributed by atoms with Crippen LogP contribution >= 0.6 is 0 Å². The molecule has 1 aliphatic heterocycles. The zero-order chi connectivity index (χ0) is 23.1. The number of hydrogen-bond donors (Lipinski definition) is 0. The van der Waals surface area contributed by atoms with Crippen LogP contribution in [-0.2, 0) is 22.1 Å². The second-order valence-electron chi connectivity index (χ2n) is 8.29. The summed E-state index contributed by atoms with van der Waals surface area (Å²) in [7, 11) is -0.743. The van der Waals surface area contributed by atoms with Crippen molar-refractivity contribution in [3.63, 3.8) is 0 Å². The molecule has 7 nitrogen and oxygen atoms in total. The van der Waals surface area contributed by atoms with Gasteiger partial charge in [0.05, 0.1) is 6.61 Å². The van der Waals surface area contributed by atoms with Gasteiger partial charge in [0.15, 0.2) is 11.5 Å². The zero-order valence-electron chi connectivity index (χ0n) is 19.5. The maximum absolute atomic E-state index is 12.3. The van der Waals surface area contributed by atoms with Gasteiger partial charge in [-0.15, -0.1) is 10.1 Å². The molecule has 0 radical (unpaired) electrons. The van der Waals surface area contributed by atoms with Crippen LogP contribution in [0.1, 0.15) is 78.2 Å². The first-order valence-corrected chi connectivity index (χ1v) is 12.7. The summed E-state index contributed by atoms with van der Waals surface area (Å²) in [6.45, 7) is 8.81. The Balaban J connectivity index is 0.000000452. The highest BCUT2D eigenvalue weighted by atomic mass is 32.2. The lowest BCUT2D eigenvalue weighted by Crippen LogP contribution is -2.16. The van der Waals surface area contributed by atoms with Crippen molar-refractivity contribution < 1.29 is 23.6 Å². The fraction of sp³-hybridized carbons (Fsp3) is 0.739. The number of nitrogens with zero attached hydrogens (tertiary/aromatic N) is 1. The Morgan fingerprint density at radius 3 is 2.45 bits per heavy atom. The lowest BCUT2D eigenvalue weighted by Gasteiger charge is -2.12. The highest BCUT2D eigenvalue weighted by Gasteiger charge is 2.16. The van der Waals surface area contributed by atoms with Gasteiger partial charge in [-0.25, -0.2) is 0 Å². The number of benzene rings is 1. The van der Waals surface area contributed by atoms with Gasteiger partial charge in [0.1, 0.15) is 0 Å². The largest absolute Gasteiger partial charge is 0.454 e. The molecule has 1 heterocycles. The Hall–Kier alpha value is -1.83. The van der Waals surface area contributed by atoms with Crippen molar-refractivity contribution in [3.8, 4) is 11.5 Å². The minimum absolute atomic E-state index is 0.191. The first kappa shape index (κ1) is 27.2. The number of ether oxygens (including phenoxy) is 2. The number of unbranched alkanes of at least 4 members (excludes halogenated alkanes) is 5. The van der Waals surface area contributed by atoms with Crippen LogP contribution in [0, 0.1) is 16.0 Å². The zero-order valence-corrected chi connectivity index (χ0v) is 20.3. The molecule has 0 aromatic heterocycles. The van der Waals surface area contributed by atoms with E-state index < -0.39 is 15.9 Å². The monoisotopic (exact) mass is 457 g/mol. The Bertz CT molecular complexity index is 667. The summed E-state index contributed by atoms with van der Waals surface area (Å²) in [5.41, 5.74) is 1.17. The molecule has 0 bridgehead atoms. The van der Waals surface area contributed by atoms with E-state index in [0.29, 0.717) is 12.7 Å². The fourth-order valence-corrected chi connectivity index (χ4v) is 4.35. The summed E-state index contributed by atoms with van der Waals surface area (Å²) in [5.74, 6) is 2.92. The molecule has 1 aromatic carbocycles. The smallest absolute Gasteiger partial charge is 0.294 e. The van der Waals surface area contributed by atoms with Gasteiger partial charge in [-0.2, -0.15) is 0 Å².